The fraction of sp³-hybridized carbons (Fsp3) is 0.348. The molecule has 1 atom stereocenters. The van der Waals surface area contributed by atoms with Crippen LogP contribution in [0.15, 0.2) is 59.9 Å². The van der Waals surface area contributed by atoms with Gasteiger partial charge in [0.05, 0.1) is 18.0 Å². The Morgan fingerprint density at radius 2 is 1.94 bits per heavy atom. The third-order valence-electron chi connectivity index (χ3n) is 5.66. The summed E-state index contributed by atoms with van der Waals surface area (Å²) >= 11 is 0. The van der Waals surface area contributed by atoms with Crippen LogP contribution in [0.3, 0.4) is 0 Å². The molecule has 4 rings (SSSR count). The molecule has 0 bridgehead atoms. The van der Waals surface area contributed by atoms with Gasteiger partial charge in [0.2, 0.25) is 0 Å². The van der Waals surface area contributed by atoms with Gasteiger partial charge in [-0.15, -0.1) is 0 Å². The molecule has 3 aromatic rings. The topological polar surface area (TPSA) is 99.0 Å². The largest absolute Gasteiger partial charge is 0.455 e. The third kappa shape index (κ3) is 5.59. The number of hydrogen-bond acceptors (Lipinski definition) is 6. The van der Waals surface area contributed by atoms with Crippen molar-refractivity contribution in [2.75, 3.05) is 5.32 Å². The molecule has 0 saturated heterocycles. The van der Waals surface area contributed by atoms with Crippen molar-refractivity contribution in [3.63, 3.8) is 0 Å². The van der Waals surface area contributed by atoms with Crippen LogP contribution in [0.25, 0.3) is 0 Å². The second-order valence-corrected chi connectivity index (χ2v) is 8.05. The van der Waals surface area contributed by atoms with Crippen molar-refractivity contribution >= 4 is 11.7 Å². The molecule has 11 heteroatoms. The van der Waals surface area contributed by atoms with Crippen LogP contribution in [-0.2, 0) is 11.0 Å². The molecule has 1 unspecified atom stereocenters. The van der Waals surface area contributed by atoms with Crippen molar-refractivity contribution < 1.29 is 22.7 Å². The lowest BCUT2D eigenvalue weighted by atomic mass is 9.98. The number of halogens is 3. The summed E-state index contributed by atoms with van der Waals surface area (Å²) in [5.41, 5.74) is -1.64. The van der Waals surface area contributed by atoms with Crippen LogP contribution in [-0.4, -0.2) is 25.7 Å². The first-order valence-corrected chi connectivity index (χ1v) is 10.8. The normalized spacial score (nSPS) is 15.1. The van der Waals surface area contributed by atoms with Crippen LogP contribution in [0.5, 0.6) is 11.5 Å². The highest BCUT2D eigenvalue weighted by atomic mass is 19.4. The van der Waals surface area contributed by atoms with Gasteiger partial charge in [-0.3, -0.25) is 14.6 Å². The number of hydrogen-bond donors (Lipinski definition) is 1. The summed E-state index contributed by atoms with van der Waals surface area (Å²) < 4.78 is 46.1. The van der Waals surface area contributed by atoms with Gasteiger partial charge < -0.3 is 10.1 Å². The van der Waals surface area contributed by atoms with E-state index in [4.69, 9.17) is 4.74 Å². The Bertz CT molecular complexity index is 1190. The zero-order chi connectivity index (χ0) is 24.1. The summed E-state index contributed by atoms with van der Waals surface area (Å²) in [5.74, 6) is -0.594. The van der Waals surface area contributed by atoms with Gasteiger partial charge in [0.1, 0.15) is 11.8 Å². The molecule has 0 radical (unpaired) electrons. The maximum Gasteiger partial charge on any atom is 0.419 e. The number of aromatic nitrogens is 4. The predicted octanol–water partition coefficient (Wildman–Crippen LogP) is 4.60. The Morgan fingerprint density at radius 1 is 1.18 bits per heavy atom. The molecule has 1 saturated carbocycles. The van der Waals surface area contributed by atoms with E-state index in [1.54, 1.807) is 0 Å². The number of anilines is 1. The van der Waals surface area contributed by atoms with Crippen LogP contribution in [0.1, 0.15) is 43.7 Å². The fourth-order valence-electron chi connectivity index (χ4n) is 4.06. The first kappa shape index (κ1) is 23.4. The Balaban J connectivity index is 1.60. The van der Waals surface area contributed by atoms with E-state index in [1.165, 1.54) is 30.7 Å². The number of nitrogens with one attached hydrogen (secondary N) is 1. The van der Waals surface area contributed by atoms with Crippen molar-refractivity contribution in [3.05, 3.63) is 71.0 Å². The number of carbonyl (C=O) groups excluding carboxylic acids is 1. The highest BCUT2D eigenvalue weighted by Crippen LogP contribution is 2.37. The first-order chi connectivity index (χ1) is 16.3. The summed E-state index contributed by atoms with van der Waals surface area (Å²) in [6.07, 6.45) is 5.18. The summed E-state index contributed by atoms with van der Waals surface area (Å²) in [5, 5.41) is 6.72. The molecule has 1 aliphatic rings. The maximum absolute atomic E-state index is 13.2. The second kappa shape index (κ2) is 10.0. The van der Waals surface area contributed by atoms with Crippen molar-refractivity contribution in [2.45, 2.75) is 44.3 Å². The number of alkyl halides is 3. The lowest BCUT2D eigenvalue weighted by Crippen LogP contribution is -2.36. The minimum atomic E-state index is -4.62. The molecule has 8 nitrogen and oxygen atoms in total. The van der Waals surface area contributed by atoms with E-state index in [1.807, 2.05) is 0 Å². The molecule has 34 heavy (non-hydrogen) atoms. The molecule has 2 heterocycles. The van der Waals surface area contributed by atoms with Gasteiger partial charge in [0.15, 0.2) is 11.6 Å². The Labute approximate surface area is 192 Å². The zero-order valence-corrected chi connectivity index (χ0v) is 18.0. The van der Waals surface area contributed by atoms with E-state index >= 15 is 0 Å². The molecule has 0 aliphatic heterocycles. The summed E-state index contributed by atoms with van der Waals surface area (Å²) in [6, 6.07) is 4.79. The Morgan fingerprint density at radius 3 is 2.62 bits per heavy atom. The number of para-hydroxylation sites is 1. The smallest absolute Gasteiger partial charge is 0.419 e. The quantitative estimate of drug-likeness (QED) is 0.538. The van der Waals surface area contributed by atoms with E-state index in [-0.39, 0.29) is 17.5 Å². The van der Waals surface area contributed by atoms with E-state index in [2.05, 4.69) is 20.4 Å². The maximum atomic E-state index is 13.2. The molecule has 1 aromatic carbocycles. The van der Waals surface area contributed by atoms with Gasteiger partial charge >= 0.3 is 6.18 Å². The second-order valence-electron chi connectivity index (χ2n) is 8.05. The average molecular weight is 473 g/mol. The molecule has 0 spiro atoms. The van der Waals surface area contributed by atoms with E-state index in [0.717, 1.165) is 54.8 Å². The van der Waals surface area contributed by atoms with Gasteiger partial charge in [0, 0.05) is 18.5 Å². The van der Waals surface area contributed by atoms with Gasteiger partial charge in [0.25, 0.3) is 11.5 Å². The predicted molar refractivity (Wildman–Crippen MR) is 116 cm³/mol. The van der Waals surface area contributed by atoms with Crippen LogP contribution in [0.2, 0.25) is 0 Å². The molecule has 1 aliphatic carbocycles. The molecule has 1 fully saturated rings. The van der Waals surface area contributed by atoms with Crippen LogP contribution in [0, 0.1) is 5.92 Å². The highest BCUT2D eigenvalue weighted by Gasteiger charge is 2.34. The van der Waals surface area contributed by atoms with Crippen LogP contribution >= 0.6 is 0 Å². The molecule has 1 amide bonds. The SMILES string of the molecule is O=C(Nc1cnccn1)C(CC1CCCC1)n1ncc(Oc2ccccc2C(F)(F)F)cc1=O. The number of benzene rings is 1. The number of amides is 1. The van der Waals surface area contributed by atoms with E-state index in [9.17, 15) is 22.8 Å². The van der Waals surface area contributed by atoms with E-state index in [0.29, 0.717) is 6.42 Å². The molecule has 2 aromatic heterocycles. The number of rotatable bonds is 7. The number of ether oxygens (including phenoxy) is 1. The molecule has 1 N–H and O–H groups in total. The number of nitrogens with zero attached hydrogens (tertiary/aromatic N) is 4. The molecular weight excluding hydrogens is 451 g/mol. The van der Waals surface area contributed by atoms with Crippen molar-refractivity contribution in [2.24, 2.45) is 5.92 Å². The lowest BCUT2D eigenvalue weighted by Gasteiger charge is -2.21. The highest BCUT2D eigenvalue weighted by molar-refractivity contribution is 5.92. The standard InChI is InChI=1S/C23H22F3N5O3/c24-23(25,26)17-7-3-4-8-19(17)34-16-12-21(32)31(29-13-16)18(11-15-5-1-2-6-15)22(33)30-20-14-27-9-10-28-20/h3-4,7-10,12-15,18H,1-2,5-6,11H2,(H,28,30,33). The monoisotopic (exact) mass is 473 g/mol. The van der Waals surface area contributed by atoms with Crippen molar-refractivity contribution in [3.8, 4) is 11.5 Å². The van der Waals surface area contributed by atoms with E-state index < -0.39 is 35.0 Å². The minimum Gasteiger partial charge on any atom is -0.455 e. The summed E-state index contributed by atoms with van der Waals surface area (Å²) in [4.78, 5) is 33.9. The van der Waals surface area contributed by atoms with Crippen molar-refractivity contribution in [1.82, 2.24) is 19.7 Å². The van der Waals surface area contributed by atoms with Gasteiger partial charge in [-0.05, 0) is 24.5 Å². The average Bonchev–Trinajstić information content (AvgIpc) is 3.32. The van der Waals surface area contributed by atoms with Gasteiger partial charge in [-0.1, -0.05) is 37.8 Å². The van der Waals surface area contributed by atoms with Gasteiger partial charge in [-0.25, -0.2) is 9.67 Å². The summed E-state index contributed by atoms with van der Waals surface area (Å²) in [6.45, 7) is 0. The first-order valence-electron chi connectivity index (χ1n) is 10.8. The Hall–Kier alpha value is -3.76. The summed E-state index contributed by atoms with van der Waals surface area (Å²) in [7, 11) is 0. The number of carbonyl (C=O) groups is 1. The fourth-order valence-corrected chi connectivity index (χ4v) is 4.06. The lowest BCUT2D eigenvalue weighted by molar-refractivity contribution is -0.138. The molecular formula is C23H22F3N5O3. The zero-order valence-electron chi connectivity index (χ0n) is 18.0. The van der Waals surface area contributed by atoms with Crippen LogP contribution < -0.4 is 15.6 Å². The minimum absolute atomic E-state index is 0.160. The third-order valence-corrected chi connectivity index (χ3v) is 5.66. The van der Waals surface area contributed by atoms with Gasteiger partial charge in [-0.2, -0.15) is 18.3 Å². The Kier molecular flexibility index (Phi) is 6.90. The molecule has 178 valence electrons. The van der Waals surface area contributed by atoms with Crippen LogP contribution in [0.4, 0.5) is 19.0 Å². The van der Waals surface area contributed by atoms with Crippen molar-refractivity contribution in [1.29, 1.82) is 0 Å².